The van der Waals surface area contributed by atoms with Crippen LogP contribution in [0.2, 0.25) is 0 Å². The lowest BCUT2D eigenvalue weighted by atomic mass is 10.1. The normalized spacial score (nSPS) is 12.8. The SMILES string of the molecule is C/C(=N/OCC(=O)Nc1ccc(C)c(C)c1)c1ccc2c(c1)OCO2. The Morgan fingerprint density at radius 2 is 1.92 bits per heavy atom. The molecule has 3 rings (SSSR count). The third-order valence-electron chi connectivity index (χ3n) is 3.98. The van der Waals surface area contributed by atoms with Crippen LogP contribution in [0.15, 0.2) is 41.6 Å². The van der Waals surface area contributed by atoms with E-state index in [-0.39, 0.29) is 19.3 Å². The standard InChI is InChI=1S/C19H20N2O4/c1-12-4-6-16(8-13(12)2)20-19(22)10-25-21-14(3)15-5-7-17-18(9-15)24-11-23-17/h4-9H,10-11H2,1-3H3,(H,20,22)/b21-14-. The Kier molecular flexibility index (Phi) is 4.88. The highest BCUT2D eigenvalue weighted by molar-refractivity contribution is 5.99. The van der Waals surface area contributed by atoms with E-state index in [0.29, 0.717) is 17.2 Å². The van der Waals surface area contributed by atoms with Crippen molar-refractivity contribution in [3.63, 3.8) is 0 Å². The number of fused-ring (bicyclic) bond motifs is 1. The molecule has 0 unspecified atom stereocenters. The molecule has 1 aliphatic heterocycles. The number of benzene rings is 2. The van der Waals surface area contributed by atoms with Crippen LogP contribution in [0.25, 0.3) is 0 Å². The average Bonchev–Trinajstić information content (AvgIpc) is 3.05. The number of hydrogen-bond acceptors (Lipinski definition) is 5. The summed E-state index contributed by atoms with van der Waals surface area (Å²) in [4.78, 5) is 17.1. The zero-order chi connectivity index (χ0) is 17.8. The first-order chi connectivity index (χ1) is 12.0. The van der Waals surface area contributed by atoms with E-state index in [2.05, 4.69) is 10.5 Å². The van der Waals surface area contributed by atoms with Gasteiger partial charge in [0.2, 0.25) is 6.79 Å². The number of nitrogens with zero attached hydrogens (tertiary/aromatic N) is 1. The summed E-state index contributed by atoms with van der Waals surface area (Å²) in [7, 11) is 0. The molecule has 0 aliphatic carbocycles. The number of amides is 1. The fourth-order valence-electron chi connectivity index (χ4n) is 2.38. The summed E-state index contributed by atoms with van der Waals surface area (Å²) in [5.74, 6) is 1.13. The summed E-state index contributed by atoms with van der Waals surface area (Å²) in [6, 6.07) is 11.3. The minimum atomic E-state index is -0.259. The van der Waals surface area contributed by atoms with Crippen molar-refractivity contribution in [2.45, 2.75) is 20.8 Å². The van der Waals surface area contributed by atoms with Gasteiger partial charge in [-0.05, 0) is 62.2 Å². The zero-order valence-corrected chi connectivity index (χ0v) is 14.5. The molecule has 0 fully saturated rings. The van der Waals surface area contributed by atoms with E-state index >= 15 is 0 Å². The van der Waals surface area contributed by atoms with Crippen LogP contribution < -0.4 is 14.8 Å². The number of oxime groups is 1. The predicted octanol–water partition coefficient (Wildman–Crippen LogP) is 3.41. The quantitative estimate of drug-likeness (QED) is 0.669. The smallest absolute Gasteiger partial charge is 0.265 e. The number of hydrogen-bond donors (Lipinski definition) is 1. The molecular weight excluding hydrogens is 320 g/mol. The van der Waals surface area contributed by atoms with E-state index in [1.165, 1.54) is 5.56 Å². The van der Waals surface area contributed by atoms with E-state index in [4.69, 9.17) is 14.3 Å². The van der Waals surface area contributed by atoms with Gasteiger partial charge >= 0.3 is 0 Å². The molecule has 0 bridgehead atoms. The maximum absolute atomic E-state index is 11.9. The van der Waals surface area contributed by atoms with E-state index in [0.717, 1.165) is 16.8 Å². The number of anilines is 1. The Hall–Kier alpha value is -3.02. The van der Waals surface area contributed by atoms with Gasteiger partial charge in [0.05, 0.1) is 5.71 Å². The van der Waals surface area contributed by atoms with Gasteiger partial charge < -0.3 is 19.6 Å². The zero-order valence-electron chi connectivity index (χ0n) is 14.5. The van der Waals surface area contributed by atoms with Gasteiger partial charge in [0.15, 0.2) is 18.1 Å². The van der Waals surface area contributed by atoms with Crippen molar-refractivity contribution >= 4 is 17.3 Å². The van der Waals surface area contributed by atoms with Gasteiger partial charge in [-0.1, -0.05) is 11.2 Å². The molecule has 0 atom stereocenters. The molecule has 0 saturated carbocycles. The van der Waals surface area contributed by atoms with Crippen LogP contribution in [0.1, 0.15) is 23.6 Å². The summed E-state index contributed by atoms with van der Waals surface area (Å²) in [6.45, 7) is 5.90. The molecule has 2 aromatic rings. The van der Waals surface area contributed by atoms with E-state index in [9.17, 15) is 4.79 Å². The first-order valence-electron chi connectivity index (χ1n) is 7.96. The highest BCUT2D eigenvalue weighted by atomic mass is 16.7. The van der Waals surface area contributed by atoms with Crippen LogP contribution in [0, 0.1) is 13.8 Å². The number of carbonyl (C=O) groups excluding carboxylic acids is 1. The summed E-state index contributed by atoms with van der Waals surface area (Å²) < 4.78 is 10.6. The lowest BCUT2D eigenvalue weighted by Crippen LogP contribution is -2.17. The van der Waals surface area contributed by atoms with Crippen LogP contribution in [0.5, 0.6) is 11.5 Å². The fourth-order valence-corrected chi connectivity index (χ4v) is 2.38. The van der Waals surface area contributed by atoms with Crippen LogP contribution >= 0.6 is 0 Å². The highest BCUT2D eigenvalue weighted by Crippen LogP contribution is 2.32. The lowest BCUT2D eigenvalue weighted by Gasteiger charge is -2.07. The van der Waals surface area contributed by atoms with Gasteiger partial charge in [-0.2, -0.15) is 0 Å². The molecule has 6 heteroatoms. The Bertz CT molecular complexity index is 830. The van der Waals surface area contributed by atoms with Crippen LogP contribution in [-0.2, 0) is 9.63 Å². The molecule has 1 amide bonds. The third-order valence-corrected chi connectivity index (χ3v) is 3.98. The fraction of sp³-hybridized carbons (Fsp3) is 0.263. The number of aryl methyl sites for hydroxylation is 2. The summed E-state index contributed by atoms with van der Waals surface area (Å²) in [5.41, 5.74) is 4.54. The number of ether oxygens (including phenoxy) is 2. The van der Waals surface area contributed by atoms with Crippen molar-refractivity contribution in [3.05, 3.63) is 53.1 Å². The van der Waals surface area contributed by atoms with Crippen molar-refractivity contribution in [1.29, 1.82) is 0 Å². The molecule has 0 spiro atoms. The summed E-state index contributed by atoms with van der Waals surface area (Å²) in [5, 5.41) is 6.78. The van der Waals surface area contributed by atoms with Crippen molar-refractivity contribution in [1.82, 2.24) is 0 Å². The molecule has 0 saturated heterocycles. The molecule has 1 aliphatic rings. The minimum Gasteiger partial charge on any atom is -0.454 e. The van der Waals surface area contributed by atoms with Gasteiger partial charge in [-0.15, -0.1) is 0 Å². The molecule has 130 valence electrons. The first-order valence-corrected chi connectivity index (χ1v) is 7.96. The van der Waals surface area contributed by atoms with Crippen molar-refractivity contribution in [2.75, 3.05) is 18.7 Å². The predicted molar refractivity (Wildman–Crippen MR) is 95.3 cm³/mol. The topological polar surface area (TPSA) is 69.2 Å². The average molecular weight is 340 g/mol. The molecule has 0 radical (unpaired) electrons. The monoisotopic (exact) mass is 340 g/mol. The Morgan fingerprint density at radius 3 is 2.72 bits per heavy atom. The molecule has 0 aromatic heterocycles. The van der Waals surface area contributed by atoms with Crippen molar-refractivity contribution < 1.29 is 19.1 Å². The molecular formula is C19H20N2O4. The van der Waals surface area contributed by atoms with Crippen LogP contribution in [-0.4, -0.2) is 25.0 Å². The summed E-state index contributed by atoms with van der Waals surface area (Å²) in [6.07, 6.45) is 0. The highest BCUT2D eigenvalue weighted by Gasteiger charge is 2.14. The van der Waals surface area contributed by atoms with Gasteiger partial charge in [0, 0.05) is 11.3 Å². The molecule has 6 nitrogen and oxygen atoms in total. The second kappa shape index (κ2) is 7.25. The maximum atomic E-state index is 11.9. The van der Waals surface area contributed by atoms with E-state index in [1.54, 1.807) is 6.92 Å². The van der Waals surface area contributed by atoms with E-state index < -0.39 is 0 Å². The van der Waals surface area contributed by atoms with Gasteiger partial charge in [0.25, 0.3) is 5.91 Å². The second-order valence-electron chi connectivity index (χ2n) is 5.87. The minimum absolute atomic E-state index is 0.158. The Morgan fingerprint density at radius 1 is 1.12 bits per heavy atom. The maximum Gasteiger partial charge on any atom is 0.265 e. The van der Waals surface area contributed by atoms with Crippen LogP contribution in [0.4, 0.5) is 5.69 Å². The van der Waals surface area contributed by atoms with Gasteiger partial charge in [-0.25, -0.2) is 0 Å². The van der Waals surface area contributed by atoms with E-state index in [1.807, 2.05) is 50.2 Å². The molecule has 1 N–H and O–H groups in total. The van der Waals surface area contributed by atoms with Crippen molar-refractivity contribution in [2.24, 2.45) is 5.16 Å². The third kappa shape index (κ3) is 4.09. The Balaban J connectivity index is 1.54. The van der Waals surface area contributed by atoms with Crippen LogP contribution in [0.3, 0.4) is 0 Å². The van der Waals surface area contributed by atoms with Gasteiger partial charge in [-0.3, -0.25) is 4.79 Å². The number of rotatable bonds is 5. The first kappa shape index (κ1) is 16.8. The lowest BCUT2D eigenvalue weighted by molar-refractivity contribution is -0.120. The summed E-state index contributed by atoms with van der Waals surface area (Å²) >= 11 is 0. The molecule has 25 heavy (non-hydrogen) atoms. The largest absolute Gasteiger partial charge is 0.454 e. The second-order valence-corrected chi connectivity index (χ2v) is 5.87. The number of carbonyl (C=O) groups is 1. The molecule has 1 heterocycles. The Labute approximate surface area is 146 Å². The van der Waals surface area contributed by atoms with Crippen molar-refractivity contribution in [3.8, 4) is 11.5 Å². The number of nitrogens with one attached hydrogen (secondary N) is 1. The van der Waals surface area contributed by atoms with Gasteiger partial charge in [0.1, 0.15) is 0 Å². The molecule has 2 aromatic carbocycles.